The summed E-state index contributed by atoms with van der Waals surface area (Å²) < 4.78 is 5.45. The van der Waals surface area contributed by atoms with E-state index in [1.54, 1.807) is 7.11 Å². The molecule has 2 aromatic carbocycles. The second-order valence-corrected chi connectivity index (χ2v) is 5.54. The molecule has 0 spiro atoms. The molecule has 106 valence electrons. The summed E-state index contributed by atoms with van der Waals surface area (Å²) in [4.78, 5) is 0. The molecule has 0 heterocycles. The molecule has 2 rings (SSSR count). The number of benzene rings is 2. The van der Waals surface area contributed by atoms with E-state index in [0.29, 0.717) is 5.92 Å². The third-order valence-corrected chi connectivity index (χ3v) is 3.69. The van der Waals surface area contributed by atoms with Gasteiger partial charge in [-0.2, -0.15) is 0 Å². The molecule has 0 amide bonds. The highest BCUT2D eigenvalue weighted by Gasteiger charge is 2.14. The maximum absolute atomic E-state index is 6.39. The van der Waals surface area contributed by atoms with Gasteiger partial charge in [0, 0.05) is 5.56 Å². The molecule has 2 aromatic rings. The molecule has 2 N–H and O–H groups in total. The minimum Gasteiger partial charge on any atom is -0.496 e. The Morgan fingerprint density at radius 2 is 1.55 bits per heavy atom. The third kappa shape index (κ3) is 3.02. The van der Waals surface area contributed by atoms with E-state index in [2.05, 4.69) is 57.2 Å². The molecule has 0 aliphatic rings. The van der Waals surface area contributed by atoms with Crippen molar-refractivity contribution in [3.8, 4) is 5.75 Å². The number of nitrogens with two attached hydrogens (primary N) is 1. The number of ether oxygens (including phenoxy) is 1. The van der Waals surface area contributed by atoms with Crippen LogP contribution in [0.15, 0.2) is 42.5 Å². The standard InChI is InChI=1S/C18H23NO/c1-12(2)14-6-8-15(9-7-14)18(19)16-10-5-13(3)11-17(16)20-4/h5-12,18H,19H2,1-4H3. The molecule has 1 unspecified atom stereocenters. The first-order chi connectivity index (χ1) is 9.52. The second kappa shape index (κ2) is 6.10. The molecule has 0 aromatic heterocycles. The van der Waals surface area contributed by atoms with Crippen LogP contribution in [-0.2, 0) is 0 Å². The maximum Gasteiger partial charge on any atom is 0.124 e. The lowest BCUT2D eigenvalue weighted by molar-refractivity contribution is 0.407. The van der Waals surface area contributed by atoms with E-state index in [9.17, 15) is 0 Å². The van der Waals surface area contributed by atoms with Crippen LogP contribution in [0.3, 0.4) is 0 Å². The van der Waals surface area contributed by atoms with Crippen LogP contribution in [-0.4, -0.2) is 7.11 Å². The van der Waals surface area contributed by atoms with Gasteiger partial charge in [0.1, 0.15) is 5.75 Å². The predicted molar refractivity (Wildman–Crippen MR) is 84.3 cm³/mol. The Morgan fingerprint density at radius 1 is 0.950 bits per heavy atom. The van der Waals surface area contributed by atoms with Gasteiger partial charge in [0.25, 0.3) is 0 Å². The monoisotopic (exact) mass is 269 g/mol. The van der Waals surface area contributed by atoms with Crippen LogP contribution in [0.2, 0.25) is 0 Å². The minimum absolute atomic E-state index is 0.160. The van der Waals surface area contributed by atoms with E-state index >= 15 is 0 Å². The van der Waals surface area contributed by atoms with Crippen LogP contribution < -0.4 is 10.5 Å². The van der Waals surface area contributed by atoms with Crippen molar-refractivity contribution in [1.82, 2.24) is 0 Å². The van der Waals surface area contributed by atoms with E-state index < -0.39 is 0 Å². The van der Waals surface area contributed by atoms with Gasteiger partial charge in [-0.05, 0) is 35.6 Å². The summed E-state index contributed by atoms with van der Waals surface area (Å²) in [5, 5.41) is 0. The van der Waals surface area contributed by atoms with Gasteiger partial charge in [-0.3, -0.25) is 0 Å². The zero-order valence-electron chi connectivity index (χ0n) is 12.7. The predicted octanol–water partition coefficient (Wildman–Crippen LogP) is 4.18. The second-order valence-electron chi connectivity index (χ2n) is 5.54. The van der Waals surface area contributed by atoms with Crippen molar-refractivity contribution in [3.05, 3.63) is 64.7 Å². The number of hydrogen-bond donors (Lipinski definition) is 1. The summed E-state index contributed by atoms with van der Waals surface area (Å²) in [5.41, 5.74) is 11.0. The molecule has 1 atom stereocenters. The Hall–Kier alpha value is -1.80. The van der Waals surface area contributed by atoms with Gasteiger partial charge in [0.2, 0.25) is 0 Å². The Balaban J connectivity index is 2.33. The first-order valence-electron chi connectivity index (χ1n) is 7.03. The van der Waals surface area contributed by atoms with Crippen LogP contribution in [0.25, 0.3) is 0 Å². The van der Waals surface area contributed by atoms with Gasteiger partial charge in [-0.25, -0.2) is 0 Å². The fraction of sp³-hybridized carbons (Fsp3) is 0.333. The topological polar surface area (TPSA) is 35.2 Å². The van der Waals surface area contributed by atoms with E-state index in [-0.39, 0.29) is 6.04 Å². The molecule has 2 nitrogen and oxygen atoms in total. The highest BCUT2D eigenvalue weighted by atomic mass is 16.5. The van der Waals surface area contributed by atoms with Crippen LogP contribution in [0.5, 0.6) is 5.75 Å². The van der Waals surface area contributed by atoms with Crippen molar-refractivity contribution < 1.29 is 4.74 Å². The number of hydrogen-bond acceptors (Lipinski definition) is 2. The zero-order chi connectivity index (χ0) is 14.7. The number of aryl methyl sites for hydroxylation is 1. The number of rotatable bonds is 4. The molecule has 20 heavy (non-hydrogen) atoms. The van der Waals surface area contributed by atoms with Crippen LogP contribution >= 0.6 is 0 Å². The summed E-state index contributed by atoms with van der Waals surface area (Å²) in [6.45, 7) is 6.44. The fourth-order valence-corrected chi connectivity index (χ4v) is 2.34. The quantitative estimate of drug-likeness (QED) is 0.904. The lowest BCUT2D eigenvalue weighted by atomic mass is 9.95. The third-order valence-electron chi connectivity index (χ3n) is 3.69. The van der Waals surface area contributed by atoms with Gasteiger partial charge in [-0.15, -0.1) is 0 Å². The Morgan fingerprint density at radius 3 is 2.10 bits per heavy atom. The van der Waals surface area contributed by atoms with Crippen molar-refractivity contribution in [2.45, 2.75) is 32.7 Å². The maximum atomic E-state index is 6.39. The van der Waals surface area contributed by atoms with Crippen molar-refractivity contribution >= 4 is 0 Å². The van der Waals surface area contributed by atoms with Crippen LogP contribution in [0.4, 0.5) is 0 Å². The fourth-order valence-electron chi connectivity index (χ4n) is 2.34. The van der Waals surface area contributed by atoms with Crippen molar-refractivity contribution in [2.24, 2.45) is 5.73 Å². The Labute approximate surface area is 121 Å². The summed E-state index contributed by atoms with van der Waals surface area (Å²) in [5.74, 6) is 1.39. The van der Waals surface area contributed by atoms with Crippen LogP contribution in [0.1, 0.15) is 48.1 Å². The lowest BCUT2D eigenvalue weighted by Gasteiger charge is -2.17. The van der Waals surface area contributed by atoms with E-state index in [1.165, 1.54) is 11.1 Å². The normalized spacial score (nSPS) is 12.5. The largest absolute Gasteiger partial charge is 0.496 e. The molecule has 0 radical (unpaired) electrons. The highest BCUT2D eigenvalue weighted by Crippen LogP contribution is 2.29. The Kier molecular flexibility index (Phi) is 4.46. The van der Waals surface area contributed by atoms with Crippen molar-refractivity contribution in [3.63, 3.8) is 0 Å². The molecule has 0 saturated carbocycles. The zero-order valence-corrected chi connectivity index (χ0v) is 12.7. The van der Waals surface area contributed by atoms with E-state index in [0.717, 1.165) is 16.9 Å². The molecule has 0 saturated heterocycles. The lowest BCUT2D eigenvalue weighted by Crippen LogP contribution is -2.13. The van der Waals surface area contributed by atoms with Gasteiger partial charge in [0.05, 0.1) is 13.2 Å². The average Bonchev–Trinajstić information content (AvgIpc) is 2.46. The SMILES string of the molecule is COc1cc(C)ccc1C(N)c1ccc(C(C)C)cc1. The first-order valence-corrected chi connectivity index (χ1v) is 7.03. The molecule has 0 fully saturated rings. The average molecular weight is 269 g/mol. The van der Waals surface area contributed by atoms with Gasteiger partial charge in [0.15, 0.2) is 0 Å². The highest BCUT2D eigenvalue weighted by molar-refractivity contribution is 5.44. The smallest absolute Gasteiger partial charge is 0.124 e. The molecule has 0 aliphatic heterocycles. The molecule has 0 bridgehead atoms. The molecule has 0 aliphatic carbocycles. The van der Waals surface area contributed by atoms with Crippen molar-refractivity contribution in [2.75, 3.05) is 7.11 Å². The van der Waals surface area contributed by atoms with Gasteiger partial charge >= 0.3 is 0 Å². The van der Waals surface area contributed by atoms with Gasteiger partial charge in [-0.1, -0.05) is 50.2 Å². The van der Waals surface area contributed by atoms with Crippen molar-refractivity contribution in [1.29, 1.82) is 0 Å². The summed E-state index contributed by atoms with van der Waals surface area (Å²) in [7, 11) is 1.69. The summed E-state index contributed by atoms with van der Waals surface area (Å²) in [6, 6.07) is 14.5. The van der Waals surface area contributed by atoms with E-state index in [4.69, 9.17) is 10.5 Å². The minimum atomic E-state index is -0.160. The summed E-state index contributed by atoms with van der Waals surface area (Å²) >= 11 is 0. The first kappa shape index (κ1) is 14.6. The Bertz CT molecular complexity index is 572. The summed E-state index contributed by atoms with van der Waals surface area (Å²) in [6.07, 6.45) is 0. The van der Waals surface area contributed by atoms with E-state index in [1.807, 2.05) is 6.07 Å². The van der Waals surface area contributed by atoms with Gasteiger partial charge < -0.3 is 10.5 Å². The van der Waals surface area contributed by atoms with Crippen LogP contribution in [0, 0.1) is 6.92 Å². The molecule has 2 heteroatoms. The number of methoxy groups -OCH3 is 1. The molecular formula is C18H23NO. The molecular weight excluding hydrogens is 246 g/mol.